The first kappa shape index (κ1) is 21.5. The first-order valence-corrected chi connectivity index (χ1v) is 11.3. The SMILES string of the molecule is CC[C@@H]1CN(C(=O)N2CCC(C(=O)NCc3cccc(Cl)c3)CC2)c2ccccc2O1. The normalized spacial score (nSPS) is 18.8. The van der Waals surface area contributed by atoms with Crippen LogP contribution >= 0.6 is 11.6 Å². The Morgan fingerprint density at radius 2 is 1.90 bits per heavy atom. The molecule has 6 nitrogen and oxygen atoms in total. The van der Waals surface area contributed by atoms with Gasteiger partial charge >= 0.3 is 6.03 Å². The number of fused-ring (bicyclic) bond motifs is 1. The summed E-state index contributed by atoms with van der Waals surface area (Å²) in [5.41, 5.74) is 1.79. The van der Waals surface area contributed by atoms with E-state index in [9.17, 15) is 9.59 Å². The zero-order valence-electron chi connectivity index (χ0n) is 17.7. The molecule has 1 atom stereocenters. The standard InChI is InChI=1S/C24H28ClN3O3/c1-2-20-16-28(21-8-3-4-9-22(21)31-20)24(30)27-12-10-18(11-13-27)23(29)26-15-17-6-5-7-19(25)14-17/h3-9,14,18,20H,2,10-13,15-16H2,1H3,(H,26,29)/t20-/m1/s1. The maximum Gasteiger partial charge on any atom is 0.324 e. The second-order valence-electron chi connectivity index (χ2n) is 8.12. The zero-order valence-corrected chi connectivity index (χ0v) is 18.5. The van der Waals surface area contributed by atoms with Gasteiger partial charge in [0.05, 0.1) is 12.2 Å². The molecule has 2 aromatic rings. The molecule has 0 spiro atoms. The number of nitrogens with one attached hydrogen (secondary N) is 1. The molecule has 1 N–H and O–H groups in total. The van der Waals surface area contributed by atoms with E-state index in [-0.39, 0.29) is 24.0 Å². The van der Waals surface area contributed by atoms with E-state index in [2.05, 4.69) is 12.2 Å². The smallest absolute Gasteiger partial charge is 0.324 e. The predicted molar refractivity (Wildman–Crippen MR) is 121 cm³/mol. The number of ether oxygens (including phenoxy) is 1. The van der Waals surface area contributed by atoms with Crippen LogP contribution < -0.4 is 15.0 Å². The molecule has 0 radical (unpaired) electrons. The van der Waals surface area contributed by atoms with Crippen molar-refractivity contribution in [1.82, 2.24) is 10.2 Å². The summed E-state index contributed by atoms with van der Waals surface area (Å²) < 4.78 is 5.99. The van der Waals surface area contributed by atoms with E-state index >= 15 is 0 Å². The molecule has 0 unspecified atom stereocenters. The molecule has 2 aromatic carbocycles. The molecule has 1 saturated heterocycles. The lowest BCUT2D eigenvalue weighted by molar-refractivity contribution is -0.126. The largest absolute Gasteiger partial charge is 0.486 e. The fraction of sp³-hybridized carbons (Fsp3) is 0.417. The summed E-state index contributed by atoms with van der Waals surface area (Å²) in [6, 6.07) is 15.2. The number of carbonyl (C=O) groups excluding carboxylic acids is 2. The molecule has 7 heteroatoms. The molecule has 0 aromatic heterocycles. The fourth-order valence-corrected chi connectivity index (χ4v) is 4.39. The second-order valence-corrected chi connectivity index (χ2v) is 8.55. The van der Waals surface area contributed by atoms with Gasteiger partial charge in [0.15, 0.2) is 0 Å². The Hall–Kier alpha value is -2.73. The van der Waals surface area contributed by atoms with Gasteiger partial charge in [-0.3, -0.25) is 9.69 Å². The first-order chi connectivity index (χ1) is 15.0. The maximum atomic E-state index is 13.3. The van der Waals surface area contributed by atoms with Gasteiger partial charge in [0.1, 0.15) is 11.9 Å². The monoisotopic (exact) mass is 441 g/mol. The summed E-state index contributed by atoms with van der Waals surface area (Å²) in [6.45, 7) is 4.22. The van der Waals surface area contributed by atoms with Crippen molar-refractivity contribution >= 4 is 29.2 Å². The highest BCUT2D eigenvalue weighted by Crippen LogP contribution is 2.35. The number of nitrogens with zero attached hydrogens (tertiary/aromatic N) is 2. The van der Waals surface area contributed by atoms with Gasteiger partial charge in [0, 0.05) is 30.6 Å². The quantitative estimate of drug-likeness (QED) is 0.761. The Morgan fingerprint density at radius 1 is 1.13 bits per heavy atom. The molecule has 2 aliphatic heterocycles. The number of halogens is 1. The van der Waals surface area contributed by atoms with E-state index in [0.717, 1.165) is 23.4 Å². The second kappa shape index (κ2) is 9.60. The lowest BCUT2D eigenvalue weighted by Crippen LogP contribution is -2.52. The molecule has 0 bridgehead atoms. The van der Waals surface area contributed by atoms with E-state index in [1.165, 1.54) is 0 Å². The number of carbonyl (C=O) groups is 2. The van der Waals surface area contributed by atoms with Gasteiger partial charge in [0.25, 0.3) is 0 Å². The van der Waals surface area contributed by atoms with Crippen LogP contribution in [-0.2, 0) is 11.3 Å². The molecule has 4 rings (SSSR count). The number of amides is 3. The Balaban J connectivity index is 1.33. The van der Waals surface area contributed by atoms with Gasteiger partial charge in [-0.25, -0.2) is 4.79 Å². The number of para-hydroxylation sites is 2. The van der Waals surface area contributed by atoms with Crippen molar-refractivity contribution in [3.05, 3.63) is 59.1 Å². The third-order valence-corrected chi connectivity index (χ3v) is 6.25. The number of hydrogen-bond donors (Lipinski definition) is 1. The Kier molecular flexibility index (Phi) is 6.66. The van der Waals surface area contributed by atoms with Crippen LogP contribution in [-0.4, -0.2) is 42.6 Å². The van der Waals surface area contributed by atoms with Gasteiger partial charge in [0.2, 0.25) is 5.91 Å². The third kappa shape index (κ3) is 4.96. The number of urea groups is 1. The van der Waals surface area contributed by atoms with Crippen LogP contribution in [0, 0.1) is 5.92 Å². The minimum absolute atomic E-state index is 0.00587. The molecule has 3 amide bonds. The van der Waals surface area contributed by atoms with Crippen molar-refractivity contribution in [3.63, 3.8) is 0 Å². The summed E-state index contributed by atoms with van der Waals surface area (Å²) in [5.74, 6) is 0.711. The number of anilines is 1. The molecule has 2 aliphatic rings. The molecular formula is C24H28ClN3O3. The number of hydrogen-bond acceptors (Lipinski definition) is 3. The Morgan fingerprint density at radius 3 is 2.65 bits per heavy atom. The molecular weight excluding hydrogens is 414 g/mol. The summed E-state index contributed by atoms with van der Waals surface area (Å²) in [7, 11) is 0. The molecule has 164 valence electrons. The fourth-order valence-electron chi connectivity index (χ4n) is 4.18. The molecule has 0 saturated carbocycles. The highest BCUT2D eigenvalue weighted by molar-refractivity contribution is 6.30. The lowest BCUT2D eigenvalue weighted by atomic mass is 9.96. The van der Waals surface area contributed by atoms with Crippen molar-refractivity contribution < 1.29 is 14.3 Å². The van der Waals surface area contributed by atoms with Crippen LogP contribution in [0.15, 0.2) is 48.5 Å². The summed E-state index contributed by atoms with van der Waals surface area (Å²) in [6.07, 6.45) is 2.16. The van der Waals surface area contributed by atoms with E-state index < -0.39 is 0 Å². The van der Waals surface area contributed by atoms with Crippen LogP contribution in [0.2, 0.25) is 5.02 Å². The van der Waals surface area contributed by atoms with Crippen LogP contribution in [0.5, 0.6) is 5.75 Å². The molecule has 1 fully saturated rings. The average molecular weight is 442 g/mol. The van der Waals surface area contributed by atoms with Gasteiger partial charge < -0.3 is 15.0 Å². The van der Waals surface area contributed by atoms with Crippen molar-refractivity contribution in [2.75, 3.05) is 24.5 Å². The number of piperidine rings is 1. The minimum atomic E-state index is -0.0800. The number of likely N-dealkylation sites (tertiary alicyclic amines) is 1. The van der Waals surface area contributed by atoms with Crippen molar-refractivity contribution in [3.8, 4) is 5.75 Å². The average Bonchev–Trinajstić information content (AvgIpc) is 2.81. The van der Waals surface area contributed by atoms with Crippen molar-refractivity contribution in [2.45, 2.75) is 38.8 Å². The zero-order chi connectivity index (χ0) is 21.8. The van der Waals surface area contributed by atoms with E-state index in [0.29, 0.717) is 44.0 Å². The van der Waals surface area contributed by atoms with E-state index in [1.54, 1.807) is 0 Å². The maximum absolute atomic E-state index is 13.3. The van der Waals surface area contributed by atoms with Crippen LogP contribution in [0.3, 0.4) is 0 Å². The third-order valence-electron chi connectivity index (χ3n) is 6.01. The van der Waals surface area contributed by atoms with Gasteiger partial charge in [-0.05, 0) is 49.1 Å². The molecule has 0 aliphatic carbocycles. The highest BCUT2D eigenvalue weighted by atomic mass is 35.5. The summed E-state index contributed by atoms with van der Waals surface area (Å²) in [4.78, 5) is 29.6. The predicted octanol–water partition coefficient (Wildman–Crippen LogP) is 4.47. The number of rotatable bonds is 4. The molecule has 31 heavy (non-hydrogen) atoms. The van der Waals surface area contributed by atoms with Crippen molar-refractivity contribution in [1.29, 1.82) is 0 Å². The van der Waals surface area contributed by atoms with Crippen molar-refractivity contribution in [2.24, 2.45) is 5.92 Å². The van der Waals surface area contributed by atoms with Gasteiger partial charge in [-0.15, -0.1) is 0 Å². The lowest BCUT2D eigenvalue weighted by Gasteiger charge is -2.39. The minimum Gasteiger partial charge on any atom is -0.486 e. The summed E-state index contributed by atoms with van der Waals surface area (Å²) in [5, 5.41) is 3.66. The van der Waals surface area contributed by atoms with Gasteiger partial charge in [-0.2, -0.15) is 0 Å². The Labute approximate surface area is 188 Å². The van der Waals surface area contributed by atoms with E-state index in [1.807, 2.05) is 58.3 Å². The highest BCUT2D eigenvalue weighted by Gasteiger charge is 2.34. The van der Waals surface area contributed by atoms with Gasteiger partial charge in [-0.1, -0.05) is 42.8 Å². The van der Waals surface area contributed by atoms with E-state index in [4.69, 9.17) is 16.3 Å². The van der Waals surface area contributed by atoms with Crippen LogP contribution in [0.25, 0.3) is 0 Å². The van der Waals surface area contributed by atoms with Crippen LogP contribution in [0.1, 0.15) is 31.7 Å². The topological polar surface area (TPSA) is 61.9 Å². The molecule has 2 heterocycles. The number of benzene rings is 2. The summed E-state index contributed by atoms with van der Waals surface area (Å²) >= 11 is 6.01. The van der Waals surface area contributed by atoms with Crippen LogP contribution in [0.4, 0.5) is 10.5 Å². The Bertz CT molecular complexity index is 943. The first-order valence-electron chi connectivity index (χ1n) is 10.9.